The van der Waals surface area contributed by atoms with Gasteiger partial charge in [-0.15, -0.1) is 0 Å². The summed E-state index contributed by atoms with van der Waals surface area (Å²) in [4.78, 5) is 4.16. The van der Waals surface area contributed by atoms with Gasteiger partial charge in [-0.3, -0.25) is 10.8 Å². The van der Waals surface area contributed by atoms with Crippen molar-refractivity contribution in [2.45, 2.75) is 13.0 Å². The lowest BCUT2D eigenvalue weighted by atomic mass is 10.00. The van der Waals surface area contributed by atoms with E-state index >= 15 is 0 Å². The highest BCUT2D eigenvalue weighted by Gasteiger charge is 2.14. The van der Waals surface area contributed by atoms with Crippen LogP contribution in [0.1, 0.15) is 22.7 Å². The van der Waals surface area contributed by atoms with Crippen molar-refractivity contribution in [3.8, 4) is 5.75 Å². The molecule has 0 saturated heterocycles. The fraction of sp³-hybridized carbons (Fsp3) is 0.214. The van der Waals surface area contributed by atoms with Crippen LogP contribution in [0.15, 0.2) is 41.1 Å². The summed E-state index contributed by atoms with van der Waals surface area (Å²) in [6.07, 6.45) is 3.45. The lowest BCUT2D eigenvalue weighted by Gasteiger charge is -2.18. The summed E-state index contributed by atoms with van der Waals surface area (Å²) >= 11 is 3.54. The molecule has 19 heavy (non-hydrogen) atoms. The maximum atomic E-state index is 5.68. The summed E-state index contributed by atoms with van der Waals surface area (Å²) in [7, 11) is 1.62. The molecule has 0 bridgehead atoms. The second kappa shape index (κ2) is 6.14. The highest BCUT2D eigenvalue weighted by atomic mass is 79.9. The van der Waals surface area contributed by atoms with Crippen LogP contribution in [-0.4, -0.2) is 12.1 Å². The topological polar surface area (TPSA) is 60.2 Å². The van der Waals surface area contributed by atoms with E-state index in [0.717, 1.165) is 15.6 Å². The van der Waals surface area contributed by atoms with Crippen molar-refractivity contribution < 1.29 is 4.74 Å². The molecular formula is C14H16BrN3O. The molecule has 4 nitrogen and oxygen atoms in total. The first kappa shape index (κ1) is 14.0. The minimum absolute atomic E-state index is 0.125. The first-order chi connectivity index (χ1) is 9.15. The molecule has 5 heteroatoms. The number of hydrogen-bond acceptors (Lipinski definition) is 4. The van der Waals surface area contributed by atoms with E-state index < -0.39 is 0 Å². The van der Waals surface area contributed by atoms with Crippen LogP contribution in [-0.2, 0) is 0 Å². The quantitative estimate of drug-likeness (QED) is 0.671. The second-order valence-corrected chi connectivity index (χ2v) is 5.12. The Hall–Kier alpha value is -1.43. The number of methoxy groups -OCH3 is 1. The van der Waals surface area contributed by atoms with Crippen molar-refractivity contribution >= 4 is 15.9 Å². The molecule has 0 aliphatic carbocycles. The third-order valence-electron chi connectivity index (χ3n) is 3.00. The third-order valence-corrected chi connectivity index (χ3v) is 3.85. The Balaban J connectivity index is 2.40. The van der Waals surface area contributed by atoms with Gasteiger partial charge >= 0.3 is 0 Å². The Bertz CT molecular complexity index is 574. The first-order valence-corrected chi connectivity index (χ1v) is 6.66. The van der Waals surface area contributed by atoms with Gasteiger partial charge in [0.25, 0.3) is 0 Å². The summed E-state index contributed by atoms with van der Waals surface area (Å²) in [6, 6.07) is 7.95. The Morgan fingerprint density at radius 3 is 2.68 bits per heavy atom. The van der Waals surface area contributed by atoms with E-state index in [4.69, 9.17) is 10.6 Å². The van der Waals surface area contributed by atoms with Gasteiger partial charge in [-0.2, -0.15) is 0 Å². The molecule has 0 saturated carbocycles. The average molecular weight is 322 g/mol. The van der Waals surface area contributed by atoms with Gasteiger partial charge in [0.15, 0.2) is 0 Å². The zero-order valence-electron chi connectivity index (χ0n) is 10.9. The standard InChI is InChI=1S/C14H16BrN3O/c1-9-3-4-10(6-13(9)15)14(18-16)11-5-12(19-2)8-17-7-11/h3-8,14,18H,16H2,1-2H3. The summed E-state index contributed by atoms with van der Waals surface area (Å²) in [5.41, 5.74) is 6.02. The summed E-state index contributed by atoms with van der Waals surface area (Å²) in [6.45, 7) is 2.05. The molecule has 0 fully saturated rings. The summed E-state index contributed by atoms with van der Waals surface area (Å²) < 4.78 is 6.24. The van der Waals surface area contributed by atoms with Crippen LogP contribution in [0.5, 0.6) is 5.75 Å². The van der Waals surface area contributed by atoms with Gasteiger partial charge in [0.05, 0.1) is 19.3 Å². The first-order valence-electron chi connectivity index (χ1n) is 5.87. The molecule has 1 heterocycles. The van der Waals surface area contributed by atoms with E-state index in [1.807, 2.05) is 19.1 Å². The van der Waals surface area contributed by atoms with Crippen LogP contribution in [0.3, 0.4) is 0 Å². The fourth-order valence-electron chi connectivity index (χ4n) is 1.88. The summed E-state index contributed by atoms with van der Waals surface area (Å²) in [5, 5.41) is 0. The molecule has 0 amide bonds. The number of aryl methyl sites for hydroxylation is 1. The van der Waals surface area contributed by atoms with Crippen molar-refractivity contribution in [1.82, 2.24) is 10.4 Å². The summed E-state index contributed by atoms with van der Waals surface area (Å²) in [5.74, 6) is 6.39. The lowest BCUT2D eigenvalue weighted by molar-refractivity contribution is 0.411. The van der Waals surface area contributed by atoms with E-state index in [1.54, 1.807) is 19.5 Å². The number of aromatic nitrogens is 1. The van der Waals surface area contributed by atoms with Gasteiger partial charge in [-0.05, 0) is 35.7 Å². The predicted molar refractivity (Wildman–Crippen MR) is 78.8 cm³/mol. The molecule has 1 unspecified atom stereocenters. The van der Waals surface area contributed by atoms with Crippen molar-refractivity contribution in [2.75, 3.05) is 7.11 Å². The van der Waals surface area contributed by atoms with Gasteiger partial charge in [0.2, 0.25) is 0 Å². The molecule has 0 spiro atoms. The monoisotopic (exact) mass is 321 g/mol. The van der Waals surface area contributed by atoms with Crippen molar-refractivity contribution in [3.05, 3.63) is 57.8 Å². The normalized spacial score (nSPS) is 12.2. The minimum Gasteiger partial charge on any atom is -0.495 e. The van der Waals surface area contributed by atoms with Gasteiger partial charge in [0.1, 0.15) is 5.75 Å². The number of benzene rings is 1. The molecule has 100 valence electrons. The maximum Gasteiger partial charge on any atom is 0.137 e. The third kappa shape index (κ3) is 3.12. The van der Waals surface area contributed by atoms with E-state index in [1.165, 1.54) is 5.56 Å². The van der Waals surface area contributed by atoms with Crippen molar-refractivity contribution in [3.63, 3.8) is 0 Å². The SMILES string of the molecule is COc1cncc(C(NN)c2ccc(C)c(Br)c2)c1. The number of nitrogens with two attached hydrogens (primary N) is 1. The Morgan fingerprint density at radius 1 is 1.26 bits per heavy atom. The molecule has 0 aliphatic heterocycles. The Kier molecular flexibility index (Phi) is 4.52. The van der Waals surface area contributed by atoms with Crippen LogP contribution in [0.4, 0.5) is 0 Å². The average Bonchev–Trinajstić information content (AvgIpc) is 2.44. The molecule has 3 N–H and O–H groups in total. The Labute approximate surface area is 121 Å². The fourth-order valence-corrected chi connectivity index (χ4v) is 2.28. The molecular weight excluding hydrogens is 306 g/mol. The number of hydrogen-bond donors (Lipinski definition) is 2. The van der Waals surface area contributed by atoms with Crippen molar-refractivity contribution in [2.24, 2.45) is 5.84 Å². The number of rotatable bonds is 4. The minimum atomic E-state index is -0.125. The van der Waals surface area contributed by atoms with Gasteiger partial charge in [-0.25, -0.2) is 5.43 Å². The predicted octanol–water partition coefficient (Wildman–Crippen LogP) is 2.71. The highest BCUT2D eigenvalue weighted by molar-refractivity contribution is 9.10. The number of nitrogens with one attached hydrogen (secondary N) is 1. The number of ether oxygens (including phenoxy) is 1. The molecule has 1 atom stereocenters. The molecule has 1 aromatic heterocycles. The number of nitrogens with zero attached hydrogens (tertiary/aromatic N) is 1. The zero-order chi connectivity index (χ0) is 13.8. The zero-order valence-corrected chi connectivity index (χ0v) is 12.4. The lowest BCUT2D eigenvalue weighted by Crippen LogP contribution is -2.29. The number of pyridine rings is 1. The largest absolute Gasteiger partial charge is 0.495 e. The van der Waals surface area contributed by atoms with Crippen molar-refractivity contribution in [1.29, 1.82) is 0 Å². The smallest absolute Gasteiger partial charge is 0.137 e. The maximum absolute atomic E-state index is 5.68. The second-order valence-electron chi connectivity index (χ2n) is 4.27. The van der Waals surface area contributed by atoms with Gasteiger partial charge in [-0.1, -0.05) is 28.1 Å². The highest BCUT2D eigenvalue weighted by Crippen LogP contribution is 2.27. The van der Waals surface area contributed by atoms with Gasteiger partial charge in [0, 0.05) is 10.7 Å². The molecule has 2 aromatic rings. The molecule has 1 aromatic carbocycles. The number of halogens is 1. The van der Waals surface area contributed by atoms with E-state index in [-0.39, 0.29) is 6.04 Å². The van der Waals surface area contributed by atoms with Crippen LogP contribution >= 0.6 is 15.9 Å². The van der Waals surface area contributed by atoms with Crippen LogP contribution < -0.4 is 16.0 Å². The van der Waals surface area contributed by atoms with Crippen LogP contribution in [0, 0.1) is 6.92 Å². The van der Waals surface area contributed by atoms with Crippen LogP contribution in [0.25, 0.3) is 0 Å². The number of hydrazine groups is 1. The molecule has 0 radical (unpaired) electrons. The van der Waals surface area contributed by atoms with E-state index in [9.17, 15) is 0 Å². The Morgan fingerprint density at radius 2 is 2.05 bits per heavy atom. The molecule has 2 rings (SSSR count). The van der Waals surface area contributed by atoms with Crippen LogP contribution in [0.2, 0.25) is 0 Å². The van der Waals surface area contributed by atoms with Gasteiger partial charge < -0.3 is 4.74 Å². The molecule has 0 aliphatic rings. The van der Waals surface area contributed by atoms with E-state index in [0.29, 0.717) is 5.75 Å². The van der Waals surface area contributed by atoms with E-state index in [2.05, 4.69) is 38.5 Å².